The summed E-state index contributed by atoms with van der Waals surface area (Å²) in [5.74, 6) is 1.21. The average Bonchev–Trinajstić information content (AvgIpc) is 3.11. The van der Waals surface area contributed by atoms with Crippen molar-refractivity contribution in [1.29, 1.82) is 0 Å². The van der Waals surface area contributed by atoms with Crippen LogP contribution in [0.15, 0.2) is 53.1 Å². The van der Waals surface area contributed by atoms with Gasteiger partial charge in [0.1, 0.15) is 11.5 Å². The minimum atomic E-state index is -0.101. The van der Waals surface area contributed by atoms with Gasteiger partial charge in [0.2, 0.25) is 0 Å². The first-order valence-corrected chi connectivity index (χ1v) is 7.49. The van der Waals surface area contributed by atoms with Gasteiger partial charge in [-0.1, -0.05) is 23.7 Å². The summed E-state index contributed by atoms with van der Waals surface area (Å²) in [6, 6.07) is 11.1. The van der Waals surface area contributed by atoms with Crippen molar-refractivity contribution in [1.82, 2.24) is 9.78 Å². The number of nitrogens with zero attached hydrogens (tertiary/aromatic N) is 2. The zero-order valence-corrected chi connectivity index (χ0v) is 13.5. The van der Waals surface area contributed by atoms with Gasteiger partial charge in [-0.25, -0.2) is 0 Å². The average molecular weight is 327 g/mol. The van der Waals surface area contributed by atoms with Gasteiger partial charge in [-0.05, 0) is 43.3 Å². The van der Waals surface area contributed by atoms with Gasteiger partial charge in [-0.3, -0.25) is 9.48 Å². The van der Waals surface area contributed by atoms with Gasteiger partial charge in [-0.2, -0.15) is 5.10 Å². The Morgan fingerprint density at radius 1 is 1.30 bits per heavy atom. The summed E-state index contributed by atoms with van der Waals surface area (Å²) in [5.41, 5.74) is 2.19. The Kier molecular flexibility index (Phi) is 4.17. The summed E-state index contributed by atoms with van der Waals surface area (Å²) in [5, 5.41) is 4.82. The van der Waals surface area contributed by atoms with Crippen LogP contribution in [-0.2, 0) is 7.05 Å². The van der Waals surface area contributed by atoms with Crippen molar-refractivity contribution in [2.45, 2.75) is 6.92 Å². The lowest BCUT2D eigenvalue weighted by molar-refractivity contribution is 0.104. The molecule has 0 amide bonds. The van der Waals surface area contributed by atoms with E-state index in [4.69, 9.17) is 16.0 Å². The monoisotopic (exact) mass is 326 g/mol. The fraction of sp³-hybridized carbons (Fsp3) is 0.111. The van der Waals surface area contributed by atoms with Gasteiger partial charge in [-0.15, -0.1) is 0 Å². The number of halogens is 1. The van der Waals surface area contributed by atoms with Crippen LogP contribution in [0.5, 0.6) is 0 Å². The number of aromatic nitrogens is 2. The third-order valence-corrected chi connectivity index (χ3v) is 3.65. The molecule has 5 heteroatoms. The molecule has 0 N–H and O–H groups in total. The number of carbonyl (C=O) groups is 1. The maximum absolute atomic E-state index is 12.2. The molecule has 0 bridgehead atoms. The molecule has 0 radical (unpaired) electrons. The highest BCUT2D eigenvalue weighted by Gasteiger charge is 2.10. The molecule has 3 rings (SSSR count). The number of hydrogen-bond acceptors (Lipinski definition) is 3. The number of aryl methyl sites for hydroxylation is 2. The Morgan fingerprint density at radius 2 is 2.13 bits per heavy atom. The van der Waals surface area contributed by atoms with E-state index < -0.39 is 0 Å². The Morgan fingerprint density at radius 3 is 2.83 bits per heavy atom. The maximum atomic E-state index is 12.2. The first-order valence-electron chi connectivity index (χ1n) is 7.11. The van der Waals surface area contributed by atoms with Crippen LogP contribution in [0.1, 0.15) is 21.8 Å². The standard InChI is InChI=1S/C18H15ClN2O2/c1-12-16(11-21(2)20-12)17(22)8-6-15-7-9-18(23-15)13-4-3-5-14(19)10-13/h3-11H,1-2H3/b8-6+. The zero-order valence-electron chi connectivity index (χ0n) is 12.8. The highest BCUT2D eigenvalue weighted by Crippen LogP contribution is 2.25. The molecule has 0 spiro atoms. The Balaban J connectivity index is 1.79. The van der Waals surface area contributed by atoms with Crippen LogP contribution in [0.3, 0.4) is 0 Å². The van der Waals surface area contributed by atoms with Crippen molar-refractivity contribution < 1.29 is 9.21 Å². The number of ketones is 1. The molecule has 1 aromatic carbocycles. The molecule has 116 valence electrons. The van der Waals surface area contributed by atoms with E-state index in [0.29, 0.717) is 27.8 Å². The van der Waals surface area contributed by atoms with Gasteiger partial charge in [0, 0.05) is 23.8 Å². The second-order valence-corrected chi connectivity index (χ2v) is 5.65. The van der Waals surface area contributed by atoms with Crippen molar-refractivity contribution in [2.24, 2.45) is 7.05 Å². The van der Waals surface area contributed by atoms with E-state index in [0.717, 1.165) is 5.56 Å². The number of hydrogen-bond donors (Lipinski definition) is 0. The van der Waals surface area contributed by atoms with E-state index in [9.17, 15) is 4.79 Å². The first-order chi connectivity index (χ1) is 11.0. The summed E-state index contributed by atoms with van der Waals surface area (Å²) < 4.78 is 7.35. The largest absolute Gasteiger partial charge is 0.457 e. The lowest BCUT2D eigenvalue weighted by Gasteiger charge is -1.96. The van der Waals surface area contributed by atoms with E-state index in [2.05, 4.69) is 5.10 Å². The molecule has 0 atom stereocenters. The molecule has 2 heterocycles. The van der Waals surface area contributed by atoms with Gasteiger partial charge in [0.15, 0.2) is 5.78 Å². The minimum Gasteiger partial charge on any atom is -0.457 e. The van der Waals surface area contributed by atoms with Gasteiger partial charge < -0.3 is 4.42 Å². The van der Waals surface area contributed by atoms with Crippen LogP contribution in [0.4, 0.5) is 0 Å². The van der Waals surface area contributed by atoms with Crippen LogP contribution in [0.25, 0.3) is 17.4 Å². The molecular weight excluding hydrogens is 312 g/mol. The van der Waals surface area contributed by atoms with Gasteiger partial charge in [0.25, 0.3) is 0 Å². The molecule has 2 aromatic heterocycles. The van der Waals surface area contributed by atoms with Crippen molar-refractivity contribution >= 4 is 23.5 Å². The molecule has 0 aliphatic carbocycles. The molecule has 0 saturated carbocycles. The number of carbonyl (C=O) groups excluding carboxylic acids is 1. The number of furan rings is 1. The SMILES string of the molecule is Cc1nn(C)cc1C(=O)/C=C/c1ccc(-c2cccc(Cl)c2)o1. The molecular formula is C18H15ClN2O2. The van der Waals surface area contributed by atoms with E-state index in [1.54, 1.807) is 24.0 Å². The first kappa shape index (κ1) is 15.3. The molecule has 0 unspecified atom stereocenters. The molecule has 0 saturated heterocycles. The highest BCUT2D eigenvalue weighted by molar-refractivity contribution is 6.30. The van der Waals surface area contributed by atoms with Crippen molar-refractivity contribution in [3.63, 3.8) is 0 Å². The normalized spacial score (nSPS) is 11.3. The quantitative estimate of drug-likeness (QED) is 0.522. The molecule has 4 nitrogen and oxygen atoms in total. The number of rotatable bonds is 4. The lowest BCUT2D eigenvalue weighted by atomic mass is 10.1. The molecule has 23 heavy (non-hydrogen) atoms. The summed E-state index contributed by atoms with van der Waals surface area (Å²) in [6.07, 6.45) is 4.86. The number of allylic oxidation sites excluding steroid dienone is 1. The molecule has 3 aromatic rings. The molecule has 0 aliphatic rings. The van der Waals surface area contributed by atoms with E-state index in [-0.39, 0.29) is 5.78 Å². The second kappa shape index (κ2) is 6.26. The van der Waals surface area contributed by atoms with Crippen molar-refractivity contribution in [3.05, 3.63) is 70.7 Å². The Bertz CT molecular complexity index is 890. The molecule has 0 aliphatic heterocycles. The van der Waals surface area contributed by atoms with Crippen LogP contribution in [0.2, 0.25) is 5.02 Å². The minimum absolute atomic E-state index is 0.101. The fourth-order valence-corrected chi connectivity index (χ4v) is 2.52. The van der Waals surface area contributed by atoms with E-state index in [1.807, 2.05) is 43.3 Å². The van der Waals surface area contributed by atoms with Gasteiger partial charge in [0.05, 0.1) is 11.3 Å². The predicted octanol–water partition coefficient (Wildman–Crippen LogP) is 4.54. The lowest BCUT2D eigenvalue weighted by Crippen LogP contribution is -1.94. The zero-order chi connectivity index (χ0) is 16.4. The highest BCUT2D eigenvalue weighted by atomic mass is 35.5. The summed E-state index contributed by atoms with van der Waals surface area (Å²) in [4.78, 5) is 12.2. The van der Waals surface area contributed by atoms with E-state index >= 15 is 0 Å². The van der Waals surface area contributed by atoms with Crippen molar-refractivity contribution in [2.75, 3.05) is 0 Å². The van der Waals surface area contributed by atoms with Crippen LogP contribution in [0, 0.1) is 6.92 Å². The fourth-order valence-electron chi connectivity index (χ4n) is 2.33. The number of benzene rings is 1. The van der Waals surface area contributed by atoms with Crippen LogP contribution < -0.4 is 0 Å². The Hall–Kier alpha value is -2.59. The van der Waals surface area contributed by atoms with E-state index in [1.165, 1.54) is 6.08 Å². The molecule has 0 fully saturated rings. The van der Waals surface area contributed by atoms with Crippen LogP contribution >= 0.6 is 11.6 Å². The topological polar surface area (TPSA) is 48.0 Å². The summed E-state index contributed by atoms with van der Waals surface area (Å²) in [7, 11) is 1.79. The third kappa shape index (κ3) is 3.43. The second-order valence-electron chi connectivity index (χ2n) is 5.21. The van der Waals surface area contributed by atoms with Crippen LogP contribution in [-0.4, -0.2) is 15.6 Å². The smallest absolute Gasteiger partial charge is 0.189 e. The van der Waals surface area contributed by atoms with Gasteiger partial charge >= 0.3 is 0 Å². The summed E-state index contributed by atoms with van der Waals surface area (Å²) in [6.45, 7) is 1.81. The predicted molar refractivity (Wildman–Crippen MR) is 90.5 cm³/mol. The third-order valence-electron chi connectivity index (χ3n) is 3.41. The maximum Gasteiger partial charge on any atom is 0.189 e. The van der Waals surface area contributed by atoms with Crippen molar-refractivity contribution in [3.8, 4) is 11.3 Å². The Labute approximate surface area is 139 Å². The summed E-state index contributed by atoms with van der Waals surface area (Å²) >= 11 is 5.98.